The van der Waals surface area contributed by atoms with Gasteiger partial charge in [0.2, 0.25) is 11.8 Å². The molecular formula is C21H21F2N3O4. The van der Waals surface area contributed by atoms with Crippen LogP contribution in [0, 0.1) is 0 Å². The molecule has 0 unspecified atom stereocenters. The predicted octanol–water partition coefficient (Wildman–Crippen LogP) is 3.12. The van der Waals surface area contributed by atoms with Gasteiger partial charge in [0, 0.05) is 25.1 Å². The summed E-state index contributed by atoms with van der Waals surface area (Å²) in [6.45, 7) is -1.51. The summed E-state index contributed by atoms with van der Waals surface area (Å²) in [6, 6.07) is 11.9. The molecule has 0 bridgehead atoms. The molecule has 2 aromatic carbocycles. The summed E-state index contributed by atoms with van der Waals surface area (Å²) in [7, 11) is 1.44. The Morgan fingerprint density at radius 2 is 1.97 bits per heavy atom. The number of hydrogen-bond donors (Lipinski definition) is 1. The lowest BCUT2D eigenvalue weighted by Gasteiger charge is -2.29. The summed E-state index contributed by atoms with van der Waals surface area (Å²) in [4.78, 5) is 40.5. The molecule has 0 spiro atoms. The Morgan fingerprint density at radius 1 is 1.23 bits per heavy atom. The van der Waals surface area contributed by atoms with Gasteiger partial charge < -0.3 is 19.9 Å². The quantitative estimate of drug-likeness (QED) is 0.811. The highest BCUT2D eigenvalue weighted by Gasteiger charge is 2.30. The monoisotopic (exact) mass is 417 g/mol. The van der Waals surface area contributed by atoms with Gasteiger partial charge in [-0.25, -0.2) is 0 Å². The highest BCUT2D eigenvalue weighted by Crippen LogP contribution is 2.31. The summed E-state index contributed by atoms with van der Waals surface area (Å²) in [5.41, 5.74) is 1.18. The van der Waals surface area contributed by atoms with Crippen molar-refractivity contribution in [3.63, 3.8) is 0 Å². The lowest BCUT2D eigenvalue weighted by atomic mass is 10.1. The first-order valence-electron chi connectivity index (χ1n) is 9.27. The third-order valence-electron chi connectivity index (χ3n) is 4.65. The van der Waals surface area contributed by atoms with Crippen molar-refractivity contribution >= 4 is 29.1 Å². The van der Waals surface area contributed by atoms with E-state index in [1.165, 1.54) is 41.1 Å². The number of carbonyl (C=O) groups is 3. The van der Waals surface area contributed by atoms with Crippen molar-refractivity contribution in [3.05, 3.63) is 54.1 Å². The van der Waals surface area contributed by atoms with Crippen molar-refractivity contribution in [2.45, 2.75) is 26.0 Å². The molecule has 1 N–H and O–H groups in total. The number of nitrogens with zero attached hydrogens (tertiary/aromatic N) is 2. The lowest BCUT2D eigenvalue weighted by Crippen LogP contribution is -2.45. The topological polar surface area (TPSA) is 79.0 Å². The number of amides is 3. The number of likely N-dealkylation sites (N-methyl/N-ethyl adjacent to an activating group) is 1. The van der Waals surface area contributed by atoms with Crippen LogP contribution in [-0.4, -0.2) is 48.9 Å². The SMILES string of the molecule is C[C@H]1CC(=O)Nc2ccccc2N1C(=O)CN(C)C(=O)c1cccc(OC(F)F)c1. The van der Waals surface area contributed by atoms with Gasteiger partial charge in [-0.15, -0.1) is 0 Å². The normalized spacial score (nSPS) is 15.8. The maximum atomic E-state index is 13.1. The minimum atomic E-state index is -3.00. The molecule has 158 valence electrons. The lowest BCUT2D eigenvalue weighted by molar-refractivity contribution is -0.119. The van der Waals surface area contributed by atoms with E-state index in [0.29, 0.717) is 11.4 Å². The Hall–Kier alpha value is -3.49. The van der Waals surface area contributed by atoms with E-state index in [2.05, 4.69) is 10.1 Å². The standard InChI is InChI=1S/C21H21F2N3O4/c1-13-10-18(27)24-16-8-3-4-9-17(16)26(13)19(28)12-25(2)20(29)14-6-5-7-15(11-14)30-21(22)23/h3-9,11,13,21H,10,12H2,1-2H3,(H,24,27)/t13-/m0/s1. The molecule has 1 aliphatic rings. The van der Waals surface area contributed by atoms with Gasteiger partial charge in [-0.3, -0.25) is 14.4 Å². The van der Waals surface area contributed by atoms with Gasteiger partial charge in [0.05, 0.1) is 11.4 Å². The molecule has 30 heavy (non-hydrogen) atoms. The predicted molar refractivity (Wildman–Crippen MR) is 107 cm³/mol. The van der Waals surface area contributed by atoms with Crippen LogP contribution in [0.4, 0.5) is 20.2 Å². The molecule has 0 radical (unpaired) electrons. The van der Waals surface area contributed by atoms with Crippen LogP contribution in [0.25, 0.3) is 0 Å². The van der Waals surface area contributed by atoms with Crippen molar-refractivity contribution in [2.24, 2.45) is 0 Å². The van der Waals surface area contributed by atoms with Gasteiger partial charge in [-0.05, 0) is 37.3 Å². The van der Waals surface area contributed by atoms with Gasteiger partial charge in [0.1, 0.15) is 12.3 Å². The molecule has 3 rings (SSSR count). The van der Waals surface area contributed by atoms with Crippen LogP contribution >= 0.6 is 0 Å². The summed E-state index contributed by atoms with van der Waals surface area (Å²) in [6.07, 6.45) is 0.116. The number of fused-ring (bicyclic) bond motifs is 1. The number of para-hydroxylation sites is 2. The van der Waals surface area contributed by atoms with Gasteiger partial charge >= 0.3 is 6.61 Å². The van der Waals surface area contributed by atoms with Crippen LogP contribution in [0.5, 0.6) is 5.75 Å². The first-order valence-corrected chi connectivity index (χ1v) is 9.27. The summed E-state index contributed by atoms with van der Waals surface area (Å²) < 4.78 is 29.1. The molecule has 0 saturated heterocycles. The average Bonchev–Trinajstić information content (AvgIpc) is 2.81. The van der Waals surface area contributed by atoms with Crippen molar-refractivity contribution in [1.29, 1.82) is 0 Å². The number of nitrogens with one attached hydrogen (secondary N) is 1. The number of halogens is 2. The molecule has 1 aliphatic heterocycles. The maximum absolute atomic E-state index is 13.1. The molecule has 2 aromatic rings. The fraction of sp³-hybridized carbons (Fsp3) is 0.286. The second-order valence-electron chi connectivity index (χ2n) is 6.95. The first kappa shape index (κ1) is 21.2. The maximum Gasteiger partial charge on any atom is 0.387 e. The van der Waals surface area contributed by atoms with Crippen LogP contribution in [0.1, 0.15) is 23.7 Å². The molecule has 0 fully saturated rings. The zero-order chi connectivity index (χ0) is 21.8. The van der Waals surface area contributed by atoms with E-state index >= 15 is 0 Å². The molecule has 3 amide bonds. The number of hydrogen-bond acceptors (Lipinski definition) is 4. The molecule has 0 aliphatic carbocycles. The van der Waals surface area contributed by atoms with Crippen LogP contribution in [0.3, 0.4) is 0 Å². The van der Waals surface area contributed by atoms with Gasteiger partial charge in [-0.2, -0.15) is 8.78 Å². The Morgan fingerprint density at radius 3 is 2.70 bits per heavy atom. The molecule has 1 atom stereocenters. The van der Waals surface area contributed by atoms with E-state index in [1.807, 2.05) is 0 Å². The zero-order valence-corrected chi connectivity index (χ0v) is 16.5. The molecule has 9 heteroatoms. The van der Waals surface area contributed by atoms with Crippen molar-refractivity contribution < 1.29 is 27.9 Å². The number of carbonyl (C=O) groups excluding carboxylic acids is 3. The highest BCUT2D eigenvalue weighted by atomic mass is 19.3. The van der Waals surface area contributed by atoms with Gasteiger partial charge in [0.15, 0.2) is 0 Å². The summed E-state index contributed by atoms with van der Waals surface area (Å²) >= 11 is 0. The van der Waals surface area contributed by atoms with Crippen molar-refractivity contribution in [1.82, 2.24) is 4.90 Å². The van der Waals surface area contributed by atoms with Crippen LogP contribution in [0.2, 0.25) is 0 Å². The number of anilines is 2. The molecule has 0 saturated carbocycles. The van der Waals surface area contributed by atoms with Crippen LogP contribution < -0.4 is 15.0 Å². The minimum absolute atomic E-state index is 0.115. The number of rotatable bonds is 5. The van der Waals surface area contributed by atoms with E-state index in [1.54, 1.807) is 31.2 Å². The van der Waals surface area contributed by atoms with E-state index < -0.39 is 18.6 Å². The van der Waals surface area contributed by atoms with E-state index in [4.69, 9.17) is 0 Å². The van der Waals surface area contributed by atoms with Crippen LogP contribution in [-0.2, 0) is 9.59 Å². The average molecular weight is 417 g/mol. The first-order chi connectivity index (χ1) is 14.3. The number of benzene rings is 2. The second-order valence-corrected chi connectivity index (χ2v) is 6.95. The molecule has 1 heterocycles. The Labute approximate surface area is 172 Å². The molecular weight excluding hydrogens is 396 g/mol. The van der Waals surface area contributed by atoms with Crippen molar-refractivity contribution in [2.75, 3.05) is 23.8 Å². The minimum Gasteiger partial charge on any atom is -0.435 e. The van der Waals surface area contributed by atoms with Crippen LogP contribution in [0.15, 0.2) is 48.5 Å². The van der Waals surface area contributed by atoms with Crippen molar-refractivity contribution in [3.8, 4) is 5.75 Å². The Bertz CT molecular complexity index is 967. The van der Waals surface area contributed by atoms with E-state index in [0.717, 1.165) is 0 Å². The largest absolute Gasteiger partial charge is 0.435 e. The summed E-state index contributed by atoms with van der Waals surface area (Å²) in [5.74, 6) is -1.24. The smallest absolute Gasteiger partial charge is 0.387 e. The van der Waals surface area contributed by atoms with Gasteiger partial charge in [-0.1, -0.05) is 18.2 Å². The fourth-order valence-corrected chi connectivity index (χ4v) is 3.34. The number of ether oxygens (including phenoxy) is 1. The number of alkyl halides is 2. The van der Waals surface area contributed by atoms with E-state index in [9.17, 15) is 23.2 Å². The third-order valence-corrected chi connectivity index (χ3v) is 4.65. The molecule has 7 nitrogen and oxygen atoms in total. The fourth-order valence-electron chi connectivity index (χ4n) is 3.34. The Kier molecular flexibility index (Phi) is 6.29. The van der Waals surface area contributed by atoms with E-state index in [-0.39, 0.29) is 36.1 Å². The molecule has 0 aromatic heterocycles. The highest BCUT2D eigenvalue weighted by molar-refractivity contribution is 6.06. The zero-order valence-electron chi connectivity index (χ0n) is 16.5. The third kappa shape index (κ3) is 4.73. The Balaban J connectivity index is 1.78. The second kappa shape index (κ2) is 8.89. The summed E-state index contributed by atoms with van der Waals surface area (Å²) in [5, 5.41) is 2.77. The van der Waals surface area contributed by atoms with Gasteiger partial charge in [0.25, 0.3) is 5.91 Å².